The van der Waals surface area contributed by atoms with Crippen LogP contribution in [0.2, 0.25) is 0 Å². The molecule has 0 amide bonds. The number of esters is 2. The molecule has 0 bridgehead atoms. The van der Waals surface area contributed by atoms with Crippen molar-refractivity contribution in [3.05, 3.63) is 323 Å². The summed E-state index contributed by atoms with van der Waals surface area (Å²) in [5.74, 6) is -1.03. The number of benzene rings is 9. The Kier molecular flexibility index (Phi) is 45.5. The molecule has 0 heterocycles. The quantitative estimate of drug-likeness (QED) is 0.0161. The molecule has 0 spiro atoms. The maximum atomic E-state index is 17.0. The van der Waals surface area contributed by atoms with Crippen molar-refractivity contribution in [2.75, 3.05) is 26.3 Å². The van der Waals surface area contributed by atoms with Crippen LogP contribution in [0.5, 0.6) is 0 Å². The van der Waals surface area contributed by atoms with Gasteiger partial charge < -0.3 is 29.0 Å². The SMILES string of the molecule is CCCCCCCCCCCCCCCC(=O)O[C@H](COC(=O)CCCCCCCCCCCNCC(=O)c1ccccc1)COP(=O)(OCc1ccccc1)OC1C(OCc2ccccc2)[C@@H](OP(=O)(OCc2ccccc2)OCc2ccccc2)C(OP(=O)(OCc2ccccc2)OCc2ccccc2)[C@H](OCc2ccccc2)[C@H]1OCc1ccccc1. The lowest BCUT2D eigenvalue weighted by Crippen LogP contribution is -2.67. The minimum atomic E-state index is -5.30. The van der Waals surface area contributed by atoms with E-state index in [1.165, 1.54) is 51.4 Å². The van der Waals surface area contributed by atoms with Crippen LogP contribution < -0.4 is 5.32 Å². The summed E-state index contributed by atoms with van der Waals surface area (Å²) in [4.78, 5) is 40.8. The van der Waals surface area contributed by atoms with Crippen LogP contribution in [0.25, 0.3) is 0 Å². The first kappa shape index (κ1) is 98.9. The van der Waals surface area contributed by atoms with Crippen LogP contribution >= 0.6 is 23.5 Å². The fourth-order valence-corrected chi connectivity index (χ4v) is 18.6. The van der Waals surface area contributed by atoms with Gasteiger partial charge in [-0.25, -0.2) is 13.7 Å². The van der Waals surface area contributed by atoms with E-state index in [2.05, 4.69) is 12.2 Å². The van der Waals surface area contributed by atoms with E-state index in [9.17, 15) is 14.4 Å². The largest absolute Gasteiger partial charge is 0.475 e. The molecule has 1 aliphatic carbocycles. The third-order valence-electron chi connectivity index (χ3n) is 21.5. The monoisotopic (exact) mass is 1770 g/mol. The molecule has 0 saturated heterocycles. The van der Waals surface area contributed by atoms with E-state index < -0.39 is 91.3 Å². The predicted octanol–water partition coefficient (Wildman–Crippen LogP) is 24.6. The summed E-state index contributed by atoms with van der Waals surface area (Å²) in [6.45, 7) is -0.140. The number of hydrogen-bond donors (Lipinski definition) is 1. The predicted molar refractivity (Wildman–Crippen MR) is 486 cm³/mol. The Balaban J connectivity index is 0.993. The van der Waals surface area contributed by atoms with E-state index in [1.807, 2.05) is 176 Å². The van der Waals surface area contributed by atoms with E-state index in [1.54, 1.807) is 97.1 Å². The maximum absolute atomic E-state index is 17.0. The molecule has 1 N–H and O–H groups in total. The number of Topliss-reactive ketones (excluding diaryl/α,β-unsaturated/α-hetero) is 1. The molecular formula is C101H128NO20P3. The van der Waals surface area contributed by atoms with Crippen LogP contribution in [0.3, 0.4) is 0 Å². The van der Waals surface area contributed by atoms with Crippen molar-refractivity contribution in [1.29, 1.82) is 0 Å². The van der Waals surface area contributed by atoms with Crippen molar-refractivity contribution in [3.63, 3.8) is 0 Å². The van der Waals surface area contributed by atoms with Crippen molar-refractivity contribution >= 4 is 41.2 Å². The number of ether oxygens (including phenoxy) is 5. The minimum absolute atomic E-state index is 0.0445. The van der Waals surface area contributed by atoms with Crippen LogP contribution in [0.1, 0.15) is 216 Å². The van der Waals surface area contributed by atoms with Gasteiger partial charge in [-0.3, -0.25) is 55.1 Å². The van der Waals surface area contributed by atoms with Gasteiger partial charge in [0.1, 0.15) is 43.2 Å². The summed E-state index contributed by atoms with van der Waals surface area (Å²) in [5, 5.41) is 3.28. The van der Waals surface area contributed by atoms with Gasteiger partial charge in [0.2, 0.25) is 0 Å². The molecule has 8 atom stereocenters. The van der Waals surface area contributed by atoms with E-state index >= 15 is 13.7 Å². The number of phosphoric acid groups is 3. The molecule has 9 aromatic carbocycles. The summed E-state index contributed by atoms with van der Waals surface area (Å²) in [7, 11) is -15.5. The highest BCUT2D eigenvalue weighted by Gasteiger charge is 2.61. The molecule has 0 radical (unpaired) electrons. The van der Waals surface area contributed by atoms with Crippen molar-refractivity contribution in [3.8, 4) is 0 Å². The summed E-state index contributed by atoms with van der Waals surface area (Å²) < 4.78 is 145. The van der Waals surface area contributed by atoms with Crippen molar-refractivity contribution in [2.24, 2.45) is 0 Å². The summed E-state index contributed by atoms with van der Waals surface area (Å²) in [6.07, 6.45) is 11.1. The standard InChI is InChI=1S/C101H128NO20P3/c1-2-3-4-5-6-7-8-9-10-12-16-19-49-70-95(105)119-92(81-109-94(104)69-48-18-15-13-11-14-17-20-50-71-102-72-93(103)91-67-46-29-47-68-91)82-118-125(108,117-80-90-65-44-28-45-66-90)120-99-96(110-73-83-51-30-21-31-52-83)97(111-74-84-53-32-22-33-54-84)100(121-123(106,113-76-86-57-36-24-37-58-86)114-77-87-59-38-25-39-60-87)101(98(99)112-75-85-55-34-23-35-56-85)122-124(107,115-78-88-61-40-26-41-62-88)116-79-89-63-42-27-43-64-89/h21-47,51-68,92,96-102H,2-20,48-50,69-82H2,1H3/t92-,96-,97-,98?,99?,100?,101-,125?/m1/s1. The first-order valence-corrected chi connectivity index (χ1v) is 49.2. The minimum Gasteiger partial charge on any atom is -0.462 e. The van der Waals surface area contributed by atoms with Gasteiger partial charge in [0.15, 0.2) is 11.9 Å². The van der Waals surface area contributed by atoms with Crippen LogP contribution in [0, 0.1) is 0 Å². The Morgan fingerprint density at radius 2 is 0.544 bits per heavy atom. The van der Waals surface area contributed by atoms with E-state index in [-0.39, 0.29) is 71.5 Å². The lowest BCUT2D eigenvalue weighted by Gasteiger charge is -2.50. The highest BCUT2D eigenvalue weighted by Crippen LogP contribution is 2.61. The second kappa shape index (κ2) is 57.5. The van der Waals surface area contributed by atoms with Gasteiger partial charge in [0.25, 0.3) is 0 Å². The zero-order valence-electron chi connectivity index (χ0n) is 72.5. The highest BCUT2D eigenvalue weighted by atomic mass is 31.2. The lowest BCUT2D eigenvalue weighted by molar-refractivity contribution is -0.255. The van der Waals surface area contributed by atoms with Crippen molar-refractivity contribution < 1.29 is 92.5 Å². The second-order valence-corrected chi connectivity index (χ2v) is 36.5. The van der Waals surface area contributed by atoms with Crippen LogP contribution in [0.15, 0.2) is 273 Å². The molecule has 0 aromatic heterocycles. The van der Waals surface area contributed by atoms with Gasteiger partial charge in [-0.1, -0.05) is 402 Å². The zero-order chi connectivity index (χ0) is 87.4. The third kappa shape index (κ3) is 38.3. The Morgan fingerprint density at radius 3 is 0.864 bits per heavy atom. The summed E-state index contributed by atoms with van der Waals surface area (Å²) in [5.41, 5.74) is 5.60. The molecule has 1 fully saturated rings. The van der Waals surface area contributed by atoms with Crippen molar-refractivity contribution in [2.45, 2.75) is 257 Å². The Morgan fingerprint density at radius 1 is 0.288 bits per heavy atom. The maximum Gasteiger partial charge on any atom is 0.475 e. The molecular weight excluding hydrogens is 1640 g/mol. The summed E-state index contributed by atoms with van der Waals surface area (Å²) >= 11 is 0. The number of nitrogens with one attached hydrogen (secondary N) is 1. The Bertz CT molecular complexity index is 4440. The average molecular weight is 1770 g/mol. The molecule has 24 heteroatoms. The lowest BCUT2D eigenvalue weighted by atomic mass is 9.84. The van der Waals surface area contributed by atoms with Crippen LogP contribution in [-0.4, -0.2) is 86.8 Å². The van der Waals surface area contributed by atoms with Crippen molar-refractivity contribution in [1.82, 2.24) is 5.32 Å². The van der Waals surface area contributed by atoms with Gasteiger partial charge >= 0.3 is 35.4 Å². The Labute approximate surface area is 740 Å². The molecule has 9 aromatic rings. The normalized spacial score (nSPS) is 16.7. The topological polar surface area (TPSA) is 244 Å². The molecule has 10 rings (SSSR count). The molecule has 672 valence electrons. The number of unbranched alkanes of at least 4 members (excludes halogenated alkanes) is 20. The number of carbonyl (C=O) groups is 3. The van der Waals surface area contributed by atoms with Gasteiger partial charge in [0, 0.05) is 18.4 Å². The fourth-order valence-electron chi connectivity index (χ4n) is 14.5. The smallest absolute Gasteiger partial charge is 0.462 e. The Hall–Kier alpha value is -8.24. The van der Waals surface area contributed by atoms with E-state index in [4.69, 9.17) is 64.4 Å². The molecule has 4 unspecified atom stereocenters. The molecule has 21 nitrogen and oxygen atoms in total. The first-order valence-electron chi connectivity index (χ1n) is 44.8. The van der Waals surface area contributed by atoms with Crippen LogP contribution in [-0.2, 0) is 141 Å². The summed E-state index contributed by atoms with van der Waals surface area (Å²) in [6, 6.07) is 82.0. The number of carbonyl (C=O) groups excluding carboxylic acids is 3. The number of hydrogen-bond acceptors (Lipinski definition) is 21. The zero-order valence-corrected chi connectivity index (χ0v) is 75.2. The van der Waals surface area contributed by atoms with E-state index in [0.29, 0.717) is 69.5 Å². The second-order valence-electron chi connectivity index (χ2n) is 31.6. The molecule has 125 heavy (non-hydrogen) atoms. The van der Waals surface area contributed by atoms with Gasteiger partial charge in [-0.05, 0) is 70.3 Å². The number of rotatable bonds is 65. The van der Waals surface area contributed by atoms with Gasteiger partial charge in [-0.15, -0.1) is 0 Å². The number of ketones is 1. The molecule has 1 saturated carbocycles. The van der Waals surface area contributed by atoms with Gasteiger partial charge in [0.05, 0.1) is 66.0 Å². The average Bonchev–Trinajstić information content (AvgIpc) is 0.744. The first-order chi connectivity index (χ1) is 61.3. The number of phosphoric ester groups is 3. The third-order valence-corrected chi connectivity index (χ3v) is 25.7. The highest BCUT2D eigenvalue weighted by molar-refractivity contribution is 7.49. The van der Waals surface area contributed by atoms with Gasteiger partial charge in [-0.2, -0.15) is 0 Å². The fraction of sp³-hybridized carbons (Fsp3) is 0.436. The molecule has 0 aliphatic heterocycles. The van der Waals surface area contributed by atoms with Crippen LogP contribution in [0.4, 0.5) is 0 Å². The molecule has 1 aliphatic rings. The van der Waals surface area contributed by atoms with E-state index in [0.717, 1.165) is 83.6 Å².